The van der Waals surface area contributed by atoms with E-state index in [2.05, 4.69) is 25.1 Å². The van der Waals surface area contributed by atoms with Gasteiger partial charge < -0.3 is 5.32 Å². The zero-order valence-electron chi connectivity index (χ0n) is 8.10. The average Bonchev–Trinajstić information content (AvgIpc) is 2.10. The van der Waals surface area contributed by atoms with E-state index >= 15 is 0 Å². The van der Waals surface area contributed by atoms with Crippen molar-refractivity contribution in [3.63, 3.8) is 0 Å². The molecule has 0 aromatic rings. The number of nitrogens with one attached hydrogen (secondary N) is 1. The fourth-order valence-corrected chi connectivity index (χ4v) is 1.86. The molecule has 0 heterocycles. The molecule has 0 bridgehead atoms. The van der Waals surface area contributed by atoms with E-state index in [1.54, 1.807) is 0 Å². The van der Waals surface area contributed by atoms with Gasteiger partial charge >= 0.3 is 0 Å². The van der Waals surface area contributed by atoms with Gasteiger partial charge in [-0.15, -0.1) is 12.3 Å². The molecule has 2 heteroatoms. The van der Waals surface area contributed by atoms with Gasteiger partial charge in [0.15, 0.2) is 0 Å². The summed E-state index contributed by atoms with van der Waals surface area (Å²) in [5, 5.41) is 3.44. The SMILES string of the molecule is C#CCCC(CSCC)NCC. The monoisotopic (exact) mass is 185 g/mol. The number of hydrogen-bond donors (Lipinski definition) is 1. The molecule has 0 aliphatic heterocycles. The van der Waals surface area contributed by atoms with Crippen molar-refractivity contribution in [2.45, 2.75) is 32.7 Å². The Morgan fingerprint density at radius 3 is 2.75 bits per heavy atom. The normalized spacial score (nSPS) is 12.4. The van der Waals surface area contributed by atoms with Gasteiger partial charge in [0.05, 0.1) is 0 Å². The van der Waals surface area contributed by atoms with Crippen molar-refractivity contribution >= 4 is 11.8 Å². The maximum Gasteiger partial charge on any atom is 0.0167 e. The molecular formula is C10H19NS. The van der Waals surface area contributed by atoms with Crippen LogP contribution < -0.4 is 5.32 Å². The van der Waals surface area contributed by atoms with Crippen molar-refractivity contribution in [3.8, 4) is 12.3 Å². The third kappa shape index (κ3) is 6.57. The Balaban J connectivity index is 3.48. The molecule has 12 heavy (non-hydrogen) atoms. The molecule has 1 atom stereocenters. The minimum atomic E-state index is 0.607. The molecule has 0 fully saturated rings. The van der Waals surface area contributed by atoms with E-state index < -0.39 is 0 Å². The lowest BCUT2D eigenvalue weighted by Crippen LogP contribution is -2.31. The summed E-state index contributed by atoms with van der Waals surface area (Å²) >= 11 is 1.98. The van der Waals surface area contributed by atoms with E-state index in [1.165, 1.54) is 11.5 Å². The largest absolute Gasteiger partial charge is 0.313 e. The van der Waals surface area contributed by atoms with Gasteiger partial charge in [0.1, 0.15) is 0 Å². The van der Waals surface area contributed by atoms with Crippen LogP contribution >= 0.6 is 11.8 Å². The van der Waals surface area contributed by atoms with Crippen LogP contribution in [0.1, 0.15) is 26.7 Å². The smallest absolute Gasteiger partial charge is 0.0167 e. The highest BCUT2D eigenvalue weighted by Crippen LogP contribution is 2.06. The molecule has 1 N–H and O–H groups in total. The quantitative estimate of drug-likeness (QED) is 0.610. The summed E-state index contributed by atoms with van der Waals surface area (Å²) in [7, 11) is 0. The van der Waals surface area contributed by atoms with E-state index in [1.807, 2.05) is 11.8 Å². The first-order valence-electron chi connectivity index (χ1n) is 4.59. The first kappa shape index (κ1) is 11.9. The molecule has 0 aliphatic carbocycles. The predicted molar refractivity (Wildman–Crippen MR) is 58.5 cm³/mol. The number of rotatable bonds is 7. The summed E-state index contributed by atoms with van der Waals surface area (Å²) in [6.07, 6.45) is 7.22. The van der Waals surface area contributed by atoms with Gasteiger partial charge in [-0.1, -0.05) is 13.8 Å². The van der Waals surface area contributed by atoms with E-state index in [0.29, 0.717) is 6.04 Å². The van der Waals surface area contributed by atoms with Crippen molar-refractivity contribution in [2.24, 2.45) is 0 Å². The van der Waals surface area contributed by atoms with Crippen LogP contribution in [0.3, 0.4) is 0 Å². The van der Waals surface area contributed by atoms with Crippen molar-refractivity contribution in [2.75, 3.05) is 18.1 Å². The topological polar surface area (TPSA) is 12.0 Å². The minimum Gasteiger partial charge on any atom is -0.313 e. The Morgan fingerprint density at radius 1 is 1.50 bits per heavy atom. The molecule has 0 aromatic carbocycles. The van der Waals surface area contributed by atoms with Crippen LogP contribution in [0.4, 0.5) is 0 Å². The number of hydrogen-bond acceptors (Lipinski definition) is 2. The maximum absolute atomic E-state index is 5.22. The summed E-state index contributed by atoms with van der Waals surface area (Å²) in [6, 6.07) is 0.607. The fraction of sp³-hybridized carbons (Fsp3) is 0.800. The molecule has 0 rings (SSSR count). The molecule has 1 unspecified atom stereocenters. The number of thioether (sulfide) groups is 1. The molecule has 70 valence electrons. The van der Waals surface area contributed by atoms with Crippen LogP contribution in [0, 0.1) is 12.3 Å². The van der Waals surface area contributed by atoms with E-state index in [4.69, 9.17) is 6.42 Å². The third-order valence-corrected chi connectivity index (χ3v) is 2.70. The Morgan fingerprint density at radius 2 is 2.25 bits per heavy atom. The van der Waals surface area contributed by atoms with E-state index in [0.717, 1.165) is 19.4 Å². The van der Waals surface area contributed by atoms with Gasteiger partial charge in [-0.3, -0.25) is 0 Å². The molecule has 0 spiro atoms. The summed E-state index contributed by atoms with van der Waals surface area (Å²) in [6.45, 7) is 5.37. The van der Waals surface area contributed by atoms with Crippen LogP contribution in [-0.2, 0) is 0 Å². The van der Waals surface area contributed by atoms with Gasteiger partial charge in [-0.05, 0) is 18.7 Å². The van der Waals surface area contributed by atoms with Crippen LogP contribution in [0.25, 0.3) is 0 Å². The third-order valence-electron chi connectivity index (χ3n) is 1.65. The fourth-order valence-electron chi connectivity index (χ4n) is 1.05. The minimum absolute atomic E-state index is 0.607. The second kappa shape index (κ2) is 8.96. The molecule has 0 amide bonds. The molecule has 1 nitrogen and oxygen atoms in total. The van der Waals surface area contributed by atoms with Crippen LogP contribution in [-0.4, -0.2) is 24.1 Å². The zero-order chi connectivity index (χ0) is 9.23. The van der Waals surface area contributed by atoms with Gasteiger partial charge in [0.2, 0.25) is 0 Å². The number of terminal acetylenes is 1. The average molecular weight is 185 g/mol. The van der Waals surface area contributed by atoms with Crippen molar-refractivity contribution in [1.82, 2.24) is 5.32 Å². The van der Waals surface area contributed by atoms with Crippen LogP contribution in [0.2, 0.25) is 0 Å². The molecular weight excluding hydrogens is 166 g/mol. The Bertz CT molecular complexity index is 128. The first-order valence-corrected chi connectivity index (χ1v) is 5.75. The highest BCUT2D eigenvalue weighted by Gasteiger charge is 2.04. The van der Waals surface area contributed by atoms with Crippen molar-refractivity contribution < 1.29 is 0 Å². The van der Waals surface area contributed by atoms with Crippen LogP contribution in [0.5, 0.6) is 0 Å². The van der Waals surface area contributed by atoms with Crippen LogP contribution in [0.15, 0.2) is 0 Å². The van der Waals surface area contributed by atoms with E-state index in [-0.39, 0.29) is 0 Å². The van der Waals surface area contributed by atoms with Crippen molar-refractivity contribution in [1.29, 1.82) is 0 Å². The summed E-state index contributed by atoms with van der Waals surface area (Å²) < 4.78 is 0. The first-order chi connectivity index (χ1) is 5.85. The maximum atomic E-state index is 5.22. The van der Waals surface area contributed by atoms with Crippen molar-refractivity contribution in [3.05, 3.63) is 0 Å². The molecule has 0 aromatic heterocycles. The predicted octanol–water partition coefficient (Wildman–Crippen LogP) is 2.13. The molecule has 0 aliphatic rings. The second-order valence-corrected chi connectivity index (χ2v) is 3.98. The highest BCUT2D eigenvalue weighted by atomic mass is 32.2. The van der Waals surface area contributed by atoms with Gasteiger partial charge in [-0.25, -0.2) is 0 Å². The summed E-state index contributed by atoms with van der Waals surface area (Å²) in [5.41, 5.74) is 0. The van der Waals surface area contributed by atoms with Gasteiger partial charge in [0.25, 0.3) is 0 Å². The lowest BCUT2D eigenvalue weighted by molar-refractivity contribution is 0.545. The standard InChI is InChI=1S/C10H19NS/c1-4-7-8-10(11-5-2)9-12-6-3/h1,10-11H,5-9H2,2-3H3. The lowest BCUT2D eigenvalue weighted by atomic mass is 10.2. The zero-order valence-corrected chi connectivity index (χ0v) is 8.91. The highest BCUT2D eigenvalue weighted by molar-refractivity contribution is 7.99. The Hall–Kier alpha value is -0.130. The van der Waals surface area contributed by atoms with E-state index in [9.17, 15) is 0 Å². The Kier molecular flexibility index (Phi) is 8.86. The van der Waals surface area contributed by atoms with Gasteiger partial charge in [0, 0.05) is 18.2 Å². The Labute approximate surface area is 80.7 Å². The van der Waals surface area contributed by atoms with Gasteiger partial charge in [-0.2, -0.15) is 11.8 Å². The molecule has 0 saturated carbocycles. The molecule has 0 saturated heterocycles. The molecule has 0 radical (unpaired) electrons. The summed E-state index contributed by atoms with van der Waals surface area (Å²) in [5.74, 6) is 5.06. The lowest BCUT2D eigenvalue weighted by Gasteiger charge is -2.15. The second-order valence-electron chi connectivity index (χ2n) is 2.66. The summed E-state index contributed by atoms with van der Waals surface area (Å²) in [4.78, 5) is 0.